The quantitative estimate of drug-likeness (QED) is 0.791. The second-order valence-corrected chi connectivity index (χ2v) is 7.91. The molecule has 1 aromatic heterocycles. The second-order valence-electron chi connectivity index (χ2n) is 4.48. The van der Waals surface area contributed by atoms with Gasteiger partial charge in [-0.05, 0) is 31.2 Å². The van der Waals surface area contributed by atoms with Crippen LogP contribution in [-0.4, -0.2) is 36.4 Å². The number of nitrogens with one attached hydrogen (secondary N) is 1. The Balaban J connectivity index is 2.00. The van der Waals surface area contributed by atoms with Gasteiger partial charge in [0.15, 0.2) is 6.10 Å². The number of sulfone groups is 1. The van der Waals surface area contributed by atoms with Crippen molar-refractivity contribution in [2.24, 2.45) is 0 Å². The van der Waals surface area contributed by atoms with E-state index in [1.165, 1.54) is 38.1 Å². The van der Waals surface area contributed by atoms with Crippen LogP contribution in [0.4, 0.5) is 9.52 Å². The Morgan fingerprint density at radius 3 is 2.61 bits per heavy atom. The highest BCUT2D eigenvalue weighted by atomic mass is 32.2. The van der Waals surface area contributed by atoms with Crippen LogP contribution in [0.1, 0.15) is 13.8 Å². The summed E-state index contributed by atoms with van der Waals surface area (Å²) in [6.45, 7) is 3.00. The van der Waals surface area contributed by atoms with Gasteiger partial charge in [-0.25, -0.2) is 12.8 Å². The molecule has 0 saturated heterocycles. The lowest BCUT2D eigenvalue weighted by Gasteiger charge is -2.13. The van der Waals surface area contributed by atoms with E-state index in [1.807, 2.05) is 0 Å². The Kier molecular flexibility index (Phi) is 5.26. The van der Waals surface area contributed by atoms with Crippen LogP contribution in [0.3, 0.4) is 0 Å². The van der Waals surface area contributed by atoms with Crippen molar-refractivity contribution < 1.29 is 22.3 Å². The average Bonchev–Trinajstić information content (AvgIpc) is 2.98. The monoisotopic (exact) mass is 359 g/mol. The summed E-state index contributed by atoms with van der Waals surface area (Å²) in [6.07, 6.45) is -0.879. The van der Waals surface area contributed by atoms with Crippen LogP contribution in [0.5, 0.6) is 5.75 Å². The third-order valence-electron chi connectivity index (χ3n) is 2.78. The molecule has 0 aliphatic carbocycles. The molecule has 2 rings (SSSR count). The molecule has 23 heavy (non-hydrogen) atoms. The lowest BCUT2D eigenvalue weighted by atomic mass is 10.3. The van der Waals surface area contributed by atoms with E-state index in [2.05, 4.69) is 15.5 Å². The Labute approximate surface area is 136 Å². The van der Waals surface area contributed by atoms with Crippen molar-refractivity contribution in [3.05, 3.63) is 30.1 Å². The molecule has 0 bridgehead atoms. The predicted molar refractivity (Wildman–Crippen MR) is 82.8 cm³/mol. The van der Waals surface area contributed by atoms with Crippen LogP contribution in [-0.2, 0) is 14.6 Å². The number of aromatic nitrogens is 2. The van der Waals surface area contributed by atoms with Gasteiger partial charge in [0.25, 0.3) is 5.91 Å². The number of amides is 1. The number of anilines is 1. The Bertz CT molecular complexity index is 790. The van der Waals surface area contributed by atoms with Crippen molar-refractivity contribution in [1.29, 1.82) is 0 Å². The molecule has 0 fully saturated rings. The number of ether oxygens (including phenoxy) is 1. The highest BCUT2D eigenvalue weighted by molar-refractivity contribution is 7.93. The van der Waals surface area contributed by atoms with E-state index >= 15 is 0 Å². The molecular formula is C13H14FN3O4S2. The number of nitrogens with zero attached hydrogens (tertiary/aromatic N) is 2. The first-order valence-corrected chi connectivity index (χ1v) is 9.08. The number of hydrogen-bond acceptors (Lipinski definition) is 7. The third-order valence-corrected chi connectivity index (χ3v) is 5.80. The van der Waals surface area contributed by atoms with Crippen LogP contribution < -0.4 is 10.1 Å². The van der Waals surface area contributed by atoms with Crippen molar-refractivity contribution in [3.8, 4) is 5.75 Å². The molecular weight excluding hydrogens is 345 g/mol. The van der Waals surface area contributed by atoms with Crippen molar-refractivity contribution in [3.63, 3.8) is 0 Å². The van der Waals surface area contributed by atoms with Crippen LogP contribution in [0.25, 0.3) is 0 Å². The van der Waals surface area contributed by atoms with Gasteiger partial charge in [-0.3, -0.25) is 10.1 Å². The Morgan fingerprint density at radius 2 is 2.00 bits per heavy atom. The lowest BCUT2D eigenvalue weighted by Crippen LogP contribution is -2.30. The molecule has 2 aromatic rings. The molecule has 1 heterocycles. The topological polar surface area (TPSA) is 98.3 Å². The summed E-state index contributed by atoms with van der Waals surface area (Å²) in [6, 6.07) is 5.23. The zero-order valence-electron chi connectivity index (χ0n) is 12.3. The van der Waals surface area contributed by atoms with Gasteiger partial charge in [-0.15, -0.1) is 10.2 Å². The zero-order valence-corrected chi connectivity index (χ0v) is 13.9. The van der Waals surface area contributed by atoms with E-state index in [0.29, 0.717) is 5.75 Å². The summed E-state index contributed by atoms with van der Waals surface area (Å²) in [5.74, 6) is -0.695. The van der Waals surface area contributed by atoms with Gasteiger partial charge in [0.2, 0.25) is 19.3 Å². The minimum atomic E-state index is -3.46. The third kappa shape index (κ3) is 4.45. The first-order valence-electron chi connectivity index (χ1n) is 6.61. The van der Waals surface area contributed by atoms with E-state index in [4.69, 9.17) is 4.74 Å². The maximum atomic E-state index is 12.8. The van der Waals surface area contributed by atoms with Crippen LogP contribution >= 0.6 is 11.3 Å². The molecule has 124 valence electrons. The highest BCUT2D eigenvalue weighted by Crippen LogP contribution is 2.21. The molecule has 10 heteroatoms. The van der Waals surface area contributed by atoms with E-state index in [0.717, 1.165) is 11.3 Å². The molecule has 1 aromatic carbocycles. The van der Waals surface area contributed by atoms with Gasteiger partial charge >= 0.3 is 0 Å². The van der Waals surface area contributed by atoms with Crippen molar-refractivity contribution in [1.82, 2.24) is 10.2 Å². The van der Waals surface area contributed by atoms with Crippen molar-refractivity contribution >= 4 is 32.2 Å². The molecule has 1 amide bonds. The highest BCUT2D eigenvalue weighted by Gasteiger charge is 2.21. The standard InChI is InChI=1S/C13H14FN3O4S2/c1-3-23(19,20)13-17-16-12(22-13)15-11(18)8(2)21-10-6-4-9(14)5-7-10/h4-8H,3H2,1-2H3,(H,15,16,18)/t8-/m0/s1. The zero-order chi connectivity index (χ0) is 17.0. The maximum absolute atomic E-state index is 12.8. The molecule has 0 radical (unpaired) electrons. The molecule has 0 aliphatic heterocycles. The van der Waals surface area contributed by atoms with Gasteiger partial charge in [-0.2, -0.15) is 0 Å². The van der Waals surface area contributed by atoms with E-state index in [9.17, 15) is 17.6 Å². The van der Waals surface area contributed by atoms with E-state index in [-0.39, 0.29) is 15.2 Å². The molecule has 1 N–H and O–H groups in total. The van der Waals surface area contributed by atoms with Crippen LogP contribution in [0.15, 0.2) is 28.6 Å². The molecule has 0 aliphatic rings. The Morgan fingerprint density at radius 1 is 1.35 bits per heavy atom. The number of benzene rings is 1. The summed E-state index contributed by atoms with van der Waals surface area (Å²) < 4.78 is 41.3. The Hall–Kier alpha value is -2.07. The van der Waals surface area contributed by atoms with Crippen LogP contribution in [0, 0.1) is 5.82 Å². The molecule has 7 nitrogen and oxygen atoms in total. The fraction of sp³-hybridized carbons (Fsp3) is 0.308. The number of carbonyl (C=O) groups excluding carboxylic acids is 1. The first kappa shape index (κ1) is 17.3. The molecule has 1 atom stereocenters. The van der Waals surface area contributed by atoms with E-state index < -0.39 is 27.7 Å². The van der Waals surface area contributed by atoms with Crippen molar-refractivity contribution in [2.45, 2.75) is 24.3 Å². The molecule has 0 saturated carbocycles. The molecule has 0 unspecified atom stereocenters. The normalized spacial score (nSPS) is 12.7. The second kappa shape index (κ2) is 7.01. The van der Waals surface area contributed by atoms with Crippen molar-refractivity contribution in [2.75, 3.05) is 11.1 Å². The summed E-state index contributed by atoms with van der Waals surface area (Å²) in [7, 11) is -3.46. The minimum absolute atomic E-state index is 0.0663. The lowest BCUT2D eigenvalue weighted by molar-refractivity contribution is -0.122. The van der Waals surface area contributed by atoms with Gasteiger partial charge in [-0.1, -0.05) is 18.3 Å². The first-order chi connectivity index (χ1) is 10.8. The predicted octanol–water partition coefficient (Wildman–Crippen LogP) is 1.88. The number of halogens is 1. The number of rotatable bonds is 6. The summed E-state index contributed by atoms with van der Waals surface area (Å²) in [5.41, 5.74) is 0. The SMILES string of the molecule is CCS(=O)(=O)c1nnc(NC(=O)[C@H](C)Oc2ccc(F)cc2)s1. The summed E-state index contributed by atoms with van der Waals surface area (Å²) in [4.78, 5) is 12.0. The average molecular weight is 359 g/mol. The number of hydrogen-bond donors (Lipinski definition) is 1. The fourth-order valence-corrected chi connectivity index (χ4v) is 3.48. The van der Waals surface area contributed by atoms with Gasteiger partial charge in [0, 0.05) is 0 Å². The smallest absolute Gasteiger partial charge is 0.266 e. The summed E-state index contributed by atoms with van der Waals surface area (Å²) in [5, 5.41) is 9.67. The molecule has 0 spiro atoms. The van der Waals surface area contributed by atoms with Crippen LogP contribution in [0.2, 0.25) is 0 Å². The minimum Gasteiger partial charge on any atom is -0.481 e. The maximum Gasteiger partial charge on any atom is 0.266 e. The number of carbonyl (C=O) groups is 1. The van der Waals surface area contributed by atoms with E-state index in [1.54, 1.807) is 0 Å². The van der Waals surface area contributed by atoms with Gasteiger partial charge < -0.3 is 4.74 Å². The largest absolute Gasteiger partial charge is 0.481 e. The fourth-order valence-electron chi connectivity index (χ4n) is 1.49. The van der Waals surface area contributed by atoms with Gasteiger partial charge in [0.05, 0.1) is 5.75 Å². The summed E-state index contributed by atoms with van der Waals surface area (Å²) >= 11 is 0.771. The van der Waals surface area contributed by atoms with Gasteiger partial charge in [0.1, 0.15) is 11.6 Å².